The monoisotopic (exact) mass is 369 g/mol. The topological polar surface area (TPSA) is 74.1 Å². The van der Waals surface area contributed by atoms with E-state index in [2.05, 4.69) is 17.6 Å². The van der Waals surface area contributed by atoms with Gasteiger partial charge >= 0.3 is 0 Å². The Kier molecular flexibility index (Phi) is 9.94. The van der Waals surface area contributed by atoms with E-state index in [9.17, 15) is 4.79 Å². The number of halogens is 2. The van der Waals surface area contributed by atoms with Crippen molar-refractivity contribution in [1.82, 2.24) is 5.32 Å². The molecule has 5 nitrogen and oxygen atoms in total. The predicted molar refractivity (Wildman–Crippen MR) is 97.1 cm³/mol. The second-order valence-electron chi connectivity index (χ2n) is 5.01. The molecule has 0 unspecified atom stereocenters. The number of hydrogen-bond donors (Lipinski definition) is 2. The molecule has 0 bridgehead atoms. The van der Waals surface area contributed by atoms with Gasteiger partial charge in [0.05, 0.1) is 10.7 Å². The molecule has 2 N–H and O–H groups in total. The number of rotatable bonds is 10. The van der Waals surface area contributed by atoms with E-state index in [0.717, 1.165) is 19.4 Å². The molecular weight excluding hydrogens is 349 g/mol. The van der Waals surface area contributed by atoms with Gasteiger partial charge in [-0.05, 0) is 31.0 Å². The fourth-order valence-electron chi connectivity index (χ4n) is 1.73. The first-order valence-electron chi connectivity index (χ1n) is 7.76. The summed E-state index contributed by atoms with van der Waals surface area (Å²) >= 11 is 11.9. The molecule has 0 atom stereocenters. The lowest BCUT2D eigenvalue weighted by molar-refractivity contribution is -0.117. The van der Waals surface area contributed by atoms with Gasteiger partial charge in [0, 0.05) is 31.0 Å². The van der Waals surface area contributed by atoms with E-state index in [4.69, 9.17) is 33.2 Å². The van der Waals surface area contributed by atoms with Gasteiger partial charge in [0.15, 0.2) is 0 Å². The lowest BCUT2D eigenvalue weighted by Crippen LogP contribution is -2.26. The third-order valence-corrected chi connectivity index (χ3v) is 3.62. The zero-order chi connectivity index (χ0) is 17.8. The van der Waals surface area contributed by atoms with Gasteiger partial charge in [-0.1, -0.05) is 36.5 Å². The smallest absolute Gasteiger partial charge is 0.263 e. The van der Waals surface area contributed by atoms with Crippen LogP contribution in [0.5, 0.6) is 0 Å². The zero-order valence-electron chi connectivity index (χ0n) is 13.6. The molecule has 0 radical (unpaired) electrons. The number of unbranched alkanes of at least 4 members (excludes halogenated alkanes) is 1. The average Bonchev–Trinajstić information content (AvgIpc) is 2.57. The Balaban J connectivity index is 2.43. The molecular formula is C17H21Cl2N3O2. The van der Waals surface area contributed by atoms with Crippen LogP contribution in [0.3, 0.4) is 0 Å². The minimum atomic E-state index is -0.447. The first-order chi connectivity index (χ1) is 11.6. The van der Waals surface area contributed by atoms with Crippen molar-refractivity contribution in [3.05, 3.63) is 40.0 Å². The molecule has 0 saturated carbocycles. The predicted octanol–water partition coefficient (Wildman–Crippen LogP) is 4.14. The van der Waals surface area contributed by atoms with Crippen LogP contribution in [0, 0.1) is 11.3 Å². The maximum absolute atomic E-state index is 11.9. The van der Waals surface area contributed by atoms with Gasteiger partial charge in [0.25, 0.3) is 5.91 Å². The first kappa shape index (κ1) is 20.3. The highest BCUT2D eigenvalue weighted by molar-refractivity contribution is 6.35. The van der Waals surface area contributed by atoms with Crippen molar-refractivity contribution in [3.63, 3.8) is 0 Å². The standard InChI is InChI=1S/C17H21Cl2N3O2/c1-2-3-8-24-9-4-7-21-17(23)13(11-20)12-22-16-10-14(18)5-6-15(16)19/h5-6,10,12,22H,2-4,7-9H2,1H3,(H,21,23)/b13-12-. The minimum absolute atomic E-state index is 0.0436. The summed E-state index contributed by atoms with van der Waals surface area (Å²) in [5.74, 6) is -0.447. The Hall–Kier alpha value is -1.74. The van der Waals surface area contributed by atoms with Crippen LogP contribution in [-0.2, 0) is 9.53 Å². The van der Waals surface area contributed by atoms with E-state index in [1.807, 2.05) is 6.07 Å². The SMILES string of the molecule is CCCCOCCCNC(=O)/C(C#N)=C\Nc1cc(Cl)ccc1Cl. The molecule has 0 saturated heterocycles. The Bertz CT molecular complexity index is 612. The summed E-state index contributed by atoms with van der Waals surface area (Å²) in [6.45, 7) is 3.87. The van der Waals surface area contributed by atoms with E-state index in [0.29, 0.717) is 35.3 Å². The average molecular weight is 370 g/mol. The Morgan fingerprint density at radius 3 is 2.79 bits per heavy atom. The van der Waals surface area contributed by atoms with Crippen molar-refractivity contribution in [1.29, 1.82) is 5.26 Å². The second-order valence-corrected chi connectivity index (χ2v) is 5.86. The van der Waals surface area contributed by atoms with E-state index < -0.39 is 5.91 Å². The molecule has 0 aromatic heterocycles. The maximum atomic E-state index is 11.9. The quantitative estimate of drug-likeness (QED) is 0.369. The van der Waals surface area contributed by atoms with Crippen LogP contribution in [0.25, 0.3) is 0 Å². The lowest BCUT2D eigenvalue weighted by atomic mass is 10.2. The number of ether oxygens (including phenoxy) is 1. The summed E-state index contributed by atoms with van der Waals surface area (Å²) in [5.41, 5.74) is 0.479. The molecule has 0 aliphatic carbocycles. The number of anilines is 1. The normalized spacial score (nSPS) is 11.0. The third kappa shape index (κ3) is 7.69. The van der Waals surface area contributed by atoms with E-state index in [-0.39, 0.29) is 5.57 Å². The van der Waals surface area contributed by atoms with Crippen molar-refractivity contribution >= 4 is 34.8 Å². The largest absolute Gasteiger partial charge is 0.381 e. The second kappa shape index (κ2) is 11.7. The van der Waals surface area contributed by atoms with Gasteiger partial charge in [-0.3, -0.25) is 4.79 Å². The molecule has 1 aromatic rings. The van der Waals surface area contributed by atoms with Gasteiger partial charge in [-0.15, -0.1) is 0 Å². The van der Waals surface area contributed by atoms with Crippen molar-refractivity contribution in [3.8, 4) is 6.07 Å². The number of nitrogens with one attached hydrogen (secondary N) is 2. The molecule has 1 aromatic carbocycles. The molecule has 24 heavy (non-hydrogen) atoms. The van der Waals surface area contributed by atoms with Crippen LogP contribution in [0.4, 0.5) is 5.69 Å². The third-order valence-electron chi connectivity index (χ3n) is 3.06. The molecule has 1 rings (SSSR count). The summed E-state index contributed by atoms with van der Waals surface area (Å²) < 4.78 is 5.40. The molecule has 0 aliphatic rings. The van der Waals surface area contributed by atoms with Crippen molar-refractivity contribution < 1.29 is 9.53 Å². The highest BCUT2D eigenvalue weighted by atomic mass is 35.5. The van der Waals surface area contributed by atoms with Crippen LogP contribution in [0.2, 0.25) is 10.0 Å². The zero-order valence-corrected chi connectivity index (χ0v) is 15.1. The van der Waals surface area contributed by atoms with Crippen molar-refractivity contribution in [2.24, 2.45) is 0 Å². The fraction of sp³-hybridized carbons (Fsp3) is 0.412. The number of hydrogen-bond acceptors (Lipinski definition) is 4. The van der Waals surface area contributed by atoms with E-state index >= 15 is 0 Å². The van der Waals surface area contributed by atoms with Gasteiger partial charge in [0.2, 0.25) is 0 Å². The van der Waals surface area contributed by atoms with Crippen LogP contribution in [0.1, 0.15) is 26.2 Å². The number of nitrogens with zero attached hydrogens (tertiary/aromatic N) is 1. The highest BCUT2D eigenvalue weighted by Gasteiger charge is 2.08. The van der Waals surface area contributed by atoms with Crippen LogP contribution in [-0.4, -0.2) is 25.7 Å². The molecule has 0 spiro atoms. The molecule has 0 heterocycles. The first-order valence-corrected chi connectivity index (χ1v) is 8.52. The van der Waals surface area contributed by atoms with Crippen LogP contribution < -0.4 is 10.6 Å². The van der Waals surface area contributed by atoms with Gasteiger partial charge in [0.1, 0.15) is 11.6 Å². The number of nitriles is 1. The Morgan fingerprint density at radius 1 is 1.33 bits per heavy atom. The molecule has 1 amide bonds. The van der Waals surface area contributed by atoms with Crippen molar-refractivity contribution in [2.45, 2.75) is 26.2 Å². The highest BCUT2D eigenvalue weighted by Crippen LogP contribution is 2.25. The minimum Gasteiger partial charge on any atom is -0.381 e. The maximum Gasteiger partial charge on any atom is 0.263 e. The summed E-state index contributed by atoms with van der Waals surface area (Å²) in [4.78, 5) is 11.9. The molecule has 130 valence electrons. The van der Waals surface area contributed by atoms with Crippen LogP contribution in [0.15, 0.2) is 30.0 Å². The Labute approximate surface area is 152 Å². The molecule has 0 fully saturated rings. The lowest BCUT2D eigenvalue weighted by Gasteiger charge is -2.07. The summed E-state index contributed by atoms with van der Waals surface area (Å²) in [7, 11) is 0. The van der Waals surface area contributed by atoms with Gasteiger partial charge in [-0.2, -0.15) is 5.26 Å². The van der Waals surface area contributed by atoms with Crippen molar-refractivity contribution in [2.75, 3.05) is 25.1 Å². The van der Waals surface area contributed by atoms with Gasteiger partial charge < -0.3 is 15.4 Å². The van der Waals surface area contributed by atoms with Gasteiger partial charge in [-0.25, -0.2) is 0 Å². The van der Waals surface area contributed by atoms with E-state index in [1.165, 1.54) is 6.20 Å². The number of carbonyl (C=O) groups is 1. The summed E-state index contributed by atoms with van der Waals surface area (Å²) in [5, 5.41) is 15.5. The molecule has 7 heteroatoms. The number of carbonyl (C=O) groups excluding carboxylic acids is 1. The fourth-order valence-corrected chi connectivity index (χ4v) is 2.07. The number of amides is 1. The van der Waals surface area contributed by atoms with E-state index in [1.54, 1.807) is 18.2 Å². The number of benzene rings is 1. The summed E-state index contributed by atoms with van der Waals surface area (Å²) in [6.07, 6.45) is 4.13. The Morgan fingerprint density at radius 2 is 2.08 bits per heavy atom. The summed E-state index contributed by atoms with van der Waals surface area (Å²) in [6, 6.07) is 6.75. The molecule has 0 aliphatic heterocycles. The van der Waals surface area contributed by atoms with Crippen LogP contribution >= 0.6 is 23.2 Å².